The SMILES string of the molecule is Cc1ccc(-n2cc(-c3ccccn3)cn2)cc1Br. The average molecular weight is 314 g/mol. The number of halogens is 1. The molecule has 4 heteroatoms. The van der Waals surface area contributed by atoms with E-state index in [1.807, 2.05) is 35.3 Å². The van der Waals surface area contributed by atoms with Gasteiger partial charge in [-0.3, -0.25) is 4.98 Å². The first-order valence-electron chi connectivity index (χ1n) is 5.96. The third kappa shape index (κ3) is 2.44. The van der Waals surface area contributed by atoms with E-state index in [-0.39, 0.29) is 0 Å². The predicted octanol–water partition coefficient (Wildman–Crippen LogP) is 4.01. The molecule has 0 amide bonds. The summed E-state index contributed by atoms with van der Waals surface area (Å²) in [6.07, 6.45) is 5.60. The van der Waals surface area contributed by atoms with Crippen molar-refractivity contribution in [2.24, 2.45) is 0 Å². The van der Waals surface area contributed by atoms with Crippen molar-refractivity contribution in [2.45, 2.75) is 6.92 Å². The van der Waals surface area contributed by atoms with Crippen LogP contribution >= 0.6 is 15.9 Å². The molecule has 0 radical (unpaired) electrons. The van der Waals surface area contributed by atoms with Crippen LogP contribution in [0.3, 0.4) is 0 Å². The van der Waals surface area contributed by atoms with Gasteiger partial charge in [0.2, 0.25) is 0 Å². The Labute approximate surface area is 120 Å². The fraction of sp³-hybridized carbons (Fsp3) is 0.0667. The van der Waals surface area contributed by atoms with E-state index in [9.17, 15) is 0 Å². The van der Waals surface area contributed by atoms with E-state index in [0.717, 1.165) is 21.4 Å². The molecule has 0 spiro atoms. The number of rotatable bonds is 2. The van der Waals surface area contributed by atoms with Gasteiger partial charge >= 0.3 is 0 Å². The largest absolute Gasteiger partial charge is 0.256 e. The Morgan fingerprint density at radius 3 is 2.79 bits per heavy atom. The van der Waals surface area contributed by atoms with Crippen LogP contribution in [0.25, 0.3) is 16.9 Å². The van der Waals surface area contributed by atoms with E-state index in [2.05, 4.69) is 51.1 Å². The number of aromatic nitrogens is 3. The van der Waals surface area contributed by atoms with Crippen molar-refractivity contribution in [3.63, 3.8) is 0 Å². The molecular weight excluding hydrogens is 302 g/mol. The minimum Gasteiger partial charge on any atom is -0.256 e. The van der Waals surface area contributed by atoms with Crippen molar-refractivity contribution >= 4 is 15.9 Å². The molecule has 2 aromatic heterocycles. The lowest BCUT2D eigenvalue weighted by Gasteiger charge is -2.03. The summed E-state index contributed by atoms with van der Waals surface area (Å²) in [5, 5.41) is 4.39. The lowest BCUT2D eigenvalue weighted by atomic mass is 10.2. The van der Waals surface area contributed by atoms with Crippen molar-refractivity contribution in [3.8, 4) is 16.9 Å². The molecule has 0 bridgehead atoms. The van der Waals surface area contributed by atoms with Crippen LogP contribution in [0, 0.1) is 6.92 Å². The molecule has 19 heavy (non-hydrogen) atoms. The second-order valence-corrected chi connectivity index (χ2v) is 5.18. The third-order valence-electron chi connectivity index (χ3n) is 2.96. The number of pyridine rings is 1. The lowest BCUT2D eigenvalue weighted by Crippen LogP contribution is -1.94. The van der Waals surface area contributed by atoms with Gasteiger partial charge in [-0.15, -0.1) is 0 Å². The van der Waals surface area contributed by atoms with Crippen LogP contribution in [-0.4, -0.2) is 14.8 Å². The number of hydrogen-bond acceptors (Lipinski definition) is 2. The number of aryl methyl sites for hydroxylation is 1. The Morgan fingerprint density at radius 1 is 1.16 bits per heavy atom. The molecule has 0 atom stereocenters. The summed E-state index contributed by atoms with van der Waals surface area (Å²) in [6, 6.07) is 12.0. The molecule has 0 saturated carbocycles. The maximum atomic E-state index is 4.39. The first-order valence-corrected chi connectivity index (χ1v) is 6.76. The normalized spacial score (nSPS) is 10.6. The van der Waals surface area contributed by atoms with Gasteiger partial charge in [-0.1, -0.05) is 28.1 Å². The van der Waals surface area contributed by atoms with Crippen molar-refractivity contribution in [1.29, 1.82) is 0 Å². The first kappa shape index (κ1) is 12.1. The van der Waals surface area contributed by atoms with Crippen LogP contribution in [0.4, 0.5) is 0 Å². The predicted molar refractivity (Wildman–Crippen MR) is 79.2 cm³/mol. The molecule has 0 aliphatic heterocycles. The van der Waals surface area contributed by atoms with Crippen LogP contribution < -0.4 is 0 Å². The Morgan fingerprint density at radius 2 is 2.05 bits per heavy atom. The van der Waals surface area contributed by atoms with Gasteiger partial charge in [-0.25, -0.2) is 4.68 Å². The minimum absolute atomic E-state index is 0.930. The van der Waals surface area contributed by atoms with E-state index in [4.69, 9.17) is 0 Å². The summed E-state index contributed by atoms with van der Waals surface area (Å²) in [7, 11) is 0. The van der Waals surface area contributed by atoms with Crippen LogP contribution in [0.1, 0.15) is 5.56 Å². The standard InChI is InChI=1S/C15H12BrN3/c1-11-5-6-13(8-14(11)16)19-10-12(9-18-19)15-4-2-3-7-17-15/h2-10H,1H3. The molecule has 0 fully saturated rings. The van der Waals surface area contributed by atoms with Crippen LogP contribution in [0.2, 0.25) is 0 Å². The molecule has 0 unspecified atom stereocenters. The maximum absolute atomic E-state index is 4.39. The second-order valence-electron chi connectivity index (χ2n) is 4.32. The van der Waals surface area contributed by atoms with Gasteiger partial charge in [0.25, 0.3) is 0 Å². The van der Waals surface area contributed by atoms with Gasteiger partial charge in [0.15, 0.2) is 0 Å². The van der Waals surface area contributed by atoms with Gasteiger partial charge in [0.1, 0.15) is 0 Å². The zero-order valence-corrected chi connectivity index (χ0v) is 12.0. The van der Waals surface area contributed by atoms with Crippen molar-refractivity contribution < 1.29 is 0 Å². The highest BCUT2D eigenvalue weighted by molar-refractivity contribution is 9.10. The summed E-state index contributed by atoms with van der Waals surface area (Å²) < 4.78 is 2.94. The Kier molecular flexibility index (Phi) is 3.17. The third-order valence-corrected chi connectivity index (χ3v) is 3.82. The number of nitrogens with zero attached hydrogens (tertiary/aromatic N) is 3. The van der Waals surface area contributed by atoms with Gasteiger partial charge in [-0.05, 0) is 36.8 Å². The highest BCUT2D eigenvalue weighted by Crippen LogP contribution is 2.22. The van der Waals surface area contributed by atoms with E-state index in [1.54, 1.807) is 6.20 Å². The topological polar surface area (TPSA) is 30.7 Å². The second kappa shape index (κ2) is 4.97. The summed E-state index contributed by atoms with van der Waals surface area (Å²) in [5.74, 6) is 0. The van der Waals surface area contributed by atoms with E-state index >= 15 is 0 Å². The molecule has 3 nitrogen and oxygen atoms in total. The number of benzene rings is 1. The highest BCUT2D eigenvalue weighted by atomic mass is 79.9. The first-order chi connectivity index (χ1) is 9.24. The van der Waals surface area contributed by atoms with E-state index in [0.29, 0.717) is 0 Å². The van der Waals surface area contributed by atoms with Gasteiger partial charge < -0.3 is 0 Å². The van der Waals surface area contributed by atoms with Crippen LogP contribution in [-0.2, 0) is 0 Å². The molecule has 2 heterocycles. The van der Waals surface area contributed by atoms with Crippen LogP contribution in [0.15, 0.2) is 59.5 Å². The molecular formula is C15H12BrN3. The molecule has 0 N–H and O–H groups in total. The van der Waals surface area contributed by atoms with Gasteiger partial charge in [0.05, 0.1) is 17.6 Å². The Hall–Kier alpha value is -1.94. The summed E-state index contributed by atoms with van der Waals surface area (Å²) in [6.45, 7) is 2.07. The van der Waals surface area contributed by atoms with Gasteiger partial charge in [-0.2, -0.15) is 5.10 Å². The monoisotopic (exact) mass is 313 g/mol. The Bertz CT molecular complexity index is 704. The fourth-order valence-electron chi connectivity index (χ4n) is 1.85. The lowest BCUT2D eigenvalue weighted by molar-refractivity contribution is 0.879. The molecule has 1 aromatic carbocycles. The zero-order valence-electron chi connectivity index (χ0n) is 10.4. The van der Waals surface area contributed by atoms with Gasteiger partial charge in [0, 0.05) is 22.4 Å². The summed E-state index contributed by atoms with van der Waals surface area (Å²) >= 11 is 3.54. The molecule has 94 valence electrons. The van der Waals surface area contributed by atoms with Crippen LogP contribution in [0.5, 0.6) is 0 Å². The van der Waals surface area contributed by atoms with E-state index < -0.39 is 0 Å². The molecule has 0 saturated heterocycles. The smallest absolute Gasteiger partial charge is 0.0733 e. The highest BCUT2D eigenvalue weighted by Gasteiger charge is 2.05. The maximum Gasteiger partial charge on any atom is 0.0733 e. The van der Waals surface area contributed by atoms with E-state index in [1.165, 1.54) is 5.56 Å². The quantitative estimate of drug-likeness (QED) is 0.715. The van der Waals surface area contributed by atoms with Crippen molar-refractivity contribution in [3.05, 3.63) is 65.0 Å². The molecule has 3 rings (SSSR count). The number of hydrogen-bond donors (Lipinski definition) is 0. The zero-order chi connectivity index (χ0) is 13.2. The summed E-state index contributed by atoms with van der Waals surface area (Å²) in [5.41, 5.74) is 4.18. The minimum atomic E-state index is 0.930. The average Bonchev–Trinajstić information content (AvgIpc) is 2.93. The summed E-state index contributed by atoms with van der Waals surface area (Å²) in [4.78, 5) is 4.33. The van der Waals surface area contributed by atoms with Crippen molar-refractivity contribution in [1.82, 2.24) is 14.8 Å². The molecule has 0 aliphatic rings. The fourth-order valence-corrected chi connectivity index (χ4v) is 2.22. The van der Waals surface area contributed by atoms with Crippen molar-refractivity contribution in [2.75, 3.05) is 0 Å². The Balaban J connectivity index is 1.99. The molecule has 0 aliphatic carbocycles. The molecule has 3 aromatic rings.